The van der Waals surface area contributed by atoms with Gasteiger partial charge < -0.3 is 20.1 Å². The molecule has 0 aromatic carbocycles. The van der Waals surface area contributed by atoms with E-state index < -0.39 is 5.56 Å². The number of rotatable bonds is 5. The predicted molar refractivity (Wildman–Crippen MR) is 69.8 cm³/mol. The Hall–Kier alpha value is -1.93. The Morgan fingerprint density at radius 1 is 1.58 bits per heavy atom. The van der Waals surface area contributed by atoms with E-state index >= 15 is 0 Å². The molecule has 0 radical (unpaired) electrons. The summed E-state index contributed by atoms with van der Waals surface area (Å²) in [5.74, 6) is 0.0146. The van der Waals surface area contributed by atoms with Crippen LogP contribution < -0.4 is 11.3 Å². The molecule has 0 fully saturated rings. The molecule has 104 valence electrons. The van der Waals surface area contributed by atoms with Crippen LogP contribution in [0.5, 0.6) is 0 Å². The molecule has 0 aliphatic carbocycles. The van der Waals surface area contributed by atoms with E-state index in [0.717, 1.165) is 0 Å². The molecule has 0 amide bonds. The van der Waals surface area contributed by atoms with E-state index in [4.69, 9.17) is 10.5 Å². The van der Waals surface area contributed by atoms with Crippen molar-refractivity contribution in [3.8, 4) is 0 Å². The van der Waals surface area contributed by atoms with Crippen molar-refractivity contribution < 1.29 is 9.84 Å². The summed E-state index contributed by atoms with van der Waals surface area (Å²) < 4.78 is 7.07. The third-order valence-corrected chi connectivity index (χ3v) is 2.68. The Labute approximate surface area is 109 Å². The number of aliphatic hydroxyl groups excluding tert-OH is 1. The number of imidazole rings is 1. The van der Waals surface area contributed by atoms with Gasteiger partial charge in [0.1, 0.15) is 0 Å². The van der Waals surface area contributed by atoms with Gasteiger partial charge in [0.25, 0.3) is 5.56 Å². The van der Waals surface area contributed by atoms with Gasteiger partial charge in [0.2, 0.25) is 5.95 Å². The fourth-order valence-corrected chi connectivity index (χ4v) is 1.73. The quantitative estimate of drug-likeness (QED) is 0.682. The van der Waals surface area contributed by atoms with Crippen LogP contribution in [0.15, 0.2) is 11.1 Å². The average Bonchev–Trinajstić information content (AvgIpc) is 2.74. The Morgan fingerprint density at radius 3 is 2.95 bits per heavy atom. The maximum Gasteiger partial charge on any atom is 0.280 e. The summed E-state index contributed by atoms with van der Waals surface area (Å²) >= 11 is 0. The summed E-state index contributed by atoms with van der Waals surface area (Å²) in [5.41, 5.74) is 5.65. The van der Waals surface area contributed by atoms with Crippen LogP contribution in [0.1, 0.15) is 19.9 Å². The summed E-state index contributed by atoms with van der Waals surface area (Å²) in [4.78, 5) is 22.1. The van der Waals surface area contributed by atoms with Crippen molar-refractivity contribution >= 4 is 17.1 Å². The molecule has 19 heavy (non-hydrogen) atoms. The Bertz CT molecular complexity index is 618. The number of aromatic amines is 1. The number of anilines is 1. The lowest BCUT2D eigenvalue weighted by Gasteiger charge is -2.18. The normalized spacial score (nSPS) is 13.3. The van der Waals surface area contributed by atoms with Crippen molar-refractivity contribution in [3.05, 3.63) is 16.7 Å². The third kappa shape index (κ3) is 2.74. The van der Waals surface area contributed by atoms with E-state index in [1.807, 2.05) is 13.8 Å². The Morgan fingerprint density at radius 2 is 2.32 bits per heavy atom. The minimum Gasteiger partial charge on any atom is -0.394 e. The standard InChI is InChI=1S/C11H17N5O3/c1-6(2)19-4-7(3-17)16-5-13-8-9(16)14-11(12)15-10(8)18/h5-7,17H,3-4H2,1-2H3,(H3,12,14,15,18). The molecule has 0 bridgehead atoms. The molecular weight excluding hydrogens is 250 g/mol. The van der Waals surface area contributed by atoms with Crippen LogP contribution in [-0.2, 0) is 4.74 Å². The molecule has 2 heterocycles. The van der Waals surface area contributed by atoms with E-state index in [1.165, 1.54) is 6.33 Å². The Kier molecular flexibility index (Phi) is 3.82. The second-order valence-electron chi connectivity index (χ2n) is 4.49. The van der Waals surface area contributed by atoms with Crippen molar-refractivity contribution in [1.82, 2.24) is 19.5 Å². The SMILES string of the molecule is CC(C)OCC(CO)n1cnc2c(=O)[nH]c(N)nc21. The molecule has 0 saturated carbocycles. The van der Waals surface area contributed by atoms with Crippen molar-refractivity contribution in [2.24, 2.45) is 0 Å². The largest absolute Gasteiger partial charge is 0.394 e. The molecular formula is C11H17N5O3. The van der Waals surface area contributed by atoms with Crippen LogP contribution in [-0.4, -0.2) is 43.9 Å². The van der Waals surface area contributed by atoms with Gasteiger partial charge in [0, 0.05) is 0 Å². The number of ether oxygens (including phenoxy) is 1. The van der Waals surface area contributed by atoms with E-state index in [0.29, 0.717) is 12.3 Å². The van der Waals surface area contributed by atoms with Crippen LogP contribution in [0.3, 0.4) is 0 Å². The number of nitrogen functional groups attached to an aromatic ring is 1. The van der Waals surface area contributed by atoms with Crippen molar-refractivity contribution in [2.75, 3.05) is 18.9 Å². The van der Waals surface area contributed by atoms with E-state index in [-0.39, 0.29) is 30.2 Å². The number of aromatic nitrogens is 4. The first-order chi connectivity index (χ1) is 9.02. The van der Waals surface area contributed by atoms with Gasteiger partial charge in [-0.25, -0.2) is 4.98 Å². The first-order valence-corrected chi connectivity index (χ1v) is 5.97. The summed E-state index contributed by atoms with van der Waals surface area (Å²) in [7, 11) is 0. The molecule has 8 heteroatoms. The zero-order valence-corrected chi connectivity index (χ0v) is 10.8. The second kappa shape index (κ2) is 5.37. The molecule has 0 spiro atoms. The number of nitrogens with one attached hydrogen (secondary N) is 1. The zero-order chi connectivity index (χ0) is 14.0. The first kappa shape index (κ1) is 13.5. The summed E-state index contributed by atoms with van der Waals surface area (Å²) in [6, 6.07) is -0.360. The number of hydrogen-bond donors (Lipinski definition) is 3. The van der Waals surface area contributed by atoms with E-state index in [1.54, 1.807) is 4.57 Å². The van der Waals surface area contributed by atoms with Crippen molar-refractivity contribution in [2.45, 2.75) is 26.0 Å². The summed E-state index contributed by atoms with van der Waals surface area (Å²) in [6.07, 6.45) is 1.50. The fourth-order valence-electron chi connectivity index (χ4n) is 1.73. The highest BCUT2D eigenvalue weighted by molar-refractivity contribution is 5.70. The van der Waals surface area contributed by atoms with Gasteiger partial charge in [-0.05, 0) is 13.8 Å². The number of hydrogen-bond acceptors (Lipinski definition) is 6. The van der Waals surface area contributed by atoms with E-state index in [9.17, 15) is 9.90 Å². The lowest BCUT2D eigenvalue weighted by atomic mass is 10.3. The number of H-pyrrole nitrogens is 1. The summed E-state index contributed by atoms with van der Waals surface area (Å²) in [6.45, 7) is 3.96. The van der Waals surface area contributed by atoms with Gasteiger partial charge in [-0.3, -0.25) is 9.78 Å². The highest BCUT2D eigenvalue weighted by Crippen LogP contribution is 2.14. The number of aliphatic hydroxyl groups is 1. The van der Waals surface area contributed by atoms with Gasteiger partial charge in [0.15, 0.2) is 11.2 Å². The van der Waals surface area contributed by atoms with Gasteiger partial charge in [-0.15, -0.1) is 0 Å². The van der Waals surface area contributed by atoms with Gasteiger partial charge >= 0.3 is 0 Å². The van der Waals surface area contributed by atoms with Crippen LogP contribution in [0.2, 0.25) is 0 Å². The lowest BCUT2D eigenvalue weighted by molar-refractivity contribution is 0.0387. The smallest absolute Gasteiger partial charge is 0.280 e. The minimum absolute atomic E-state index is 0.0146. The van der Waals surface area contributed by atoms with Crippen LogP contribution in [0.25, 0.3) is 11.2 Å². The van der Waals surface area contributed by atoms with Gasteiger partial charge in [0.05, 0.1) is 31.7 Å². The average molecular weight is 267 g/mol. The topological polar surface area (TPSA) is 119 Å². The molecule has 4 N–H and O–H groups in total. The monoisotopic (exact) mass is 267 g/mol. The number of nitrogens with two attached hydrogens (primary N) is 1. The molecule has 1 unspecified atom stereocenters. The first-order valence-electron chi connectivity index (χ1n) is 5.97. The molecule has 1 atom stereocenters. The maximum atomic E-state index is 11.6. The number of fused-ring (bicyclic) bond motifs is 1. The molecule has 0 saturated heterocycles. The fraction of sp³-hybridized carbons (Fsp3) is 0.545. The minimum atomic E-state index is -0.400. The molecule has 2 rings (SSSR count). The summed E-state index contributed by atoms with van der Waals surface area (Å²) in [5, 5.41) is 9.44. The van der Waals surface area contributed by atoms with Crippen LogP contribution in [0, 0.1) is 0 Å². The maximum absolute atomic E-state index is 11.6. The molecule has 0 aliphatic rings. The molecule has 8 nitrogen and oxygen atoms in total. The zero-order valence-electron chi connectivity index (χ0n) is 10.8. The lowest BCUT2D eigenvalue weighted by Crippen LogP contribution is -2.22. The van der Waals surface area contributed by atoms with Gasteiger partial charge in [-0.1, -0.05) is 0 Å². The van der Waals surface area contributed by atoms with Crippen molar-refractivity contribution in [1.29, 1.82) is 0 Å². The third-order valence-electron chi connectivity index (χ3n) is 2.68. The predicted octanol–water partition coefficient (Wildman–Crippen LogP) is -0.340. The van der Waals surface area contributed by atoms with Crippen molar-refractivity contribution in [3.63, 3.8) is 0 Å². The van der Waals surface area contributed by atoms with Crippen LogP contribution in [0.4, 0.5) is 5.95 Å². The molecule has 0 aliphatic heterocycles. The highest BCUT2D eigenvalue weighted by atomic mass is 16.5. The highest BCUT2D eigenvalue weighted by Gasteiger charge is 2.17. The molecule has 2 aromatic rings. The second-order valence-corrected chi connectivity index (χ2v) is 4.49. The Balaban J connectivity index is 2.40. The number of nitrogens with zero attached hydrogens (tertiary/aromatic N) is 3. The van der Waals surface area contributed by atoms with E-state index in [2.05, 4.69) is 15.0 Å². The molecule has 2 aromatic heterocycles. The van der Waals surface area contributed by atoms with Crippen LogP contribution >= 0.6 is 0 Å². The van der Waals surface area contributed by atoms with Gasteiger partial charge in [-0.2, -0.15) is 4.98 Å².